The van der Waals surface area contributed by atoms with Gasteiger partial charge in [-0.25, -0.2) is 0 Å². The second-order valence-corrected chi connectivity index (χ2v) is 12.4. The van der Waals surface area contributed by atoms with E-state index in [0.29, 0.717) is 23.1 Å². The van der Waals surface area contributed by atoms with E-state index in [-0.39, 0.29) is 18.0 Å². The van der Waals surface area contributed by atoms with Crippen LogP contribution < -0.4 is 15.8 Å². The molecule has 43 heavy (non-hydrogen) atoms. The number of amides is 1. The van der Waals surface area contributed by atoms with E-state index >= 15 is 0 Å². The number of fused-ring (bicyclic) bond motifs is 1. The number of hydrogen-bond donors (Lipinski definition) is 2. The number of pyridine rings is 1. The zero-order valence-corrected chi connectivity index (χ0v) is 25.9. The molecule has 0 unspecified atom stereocenters. The monoisotopic (exact) mass is 583 g/mol. The Bertz CT molecular complexity index is 1510. The third-order valence-electron chi connectivity index (χ3n) is 9.88. The normalized spacial score (nSPS) is 17.6. The number of carbonyl (C=O) groups is 1. The number of ether oxygens (including phenoxy) is 2. The van der Waals surface area contributed by atoms with Crippen molar-refractivity contribution in [2.45, 2.75) is 84.2 Å². The number of H-pyrrole nitrogens is 1. The van der Waals surface area contributed by atoms with Gasteiger partial charge in [-0.05, 0) is 117 Å². The van der Waals surface area contributed by atoms with Gasteiger partial charge in [0, 0.05) is 68.1 Å². The highest BCUT2D eigenvalue weighted by Gasteiger charge is 2.26. The maximum atomic E-state index is 13.9. The minimum Gasteiger partial charge on any atom is -0.381 e. The predicted molar refractivity (Wildman–Crippen MR) is 171 cm³/mol. The topological polar surface area (TPSA) is 83.7 Å². The van der Waals surface area contributed by atoms with Gasteiger partial charge in [0.1, 0.15) is 0 Å². The molecule has 0 atom stereocenters. The first kappa shape index (κ1) is 29.6. The fourth-order valence-electron chi connectivity index (χ4n) is 7.40. The molecule has 0 spiro atoms. The van der Waals surface area contributed by atoms with Crippen LogP contribution in [0.25, 0.3) is 11.1 Å². The molecule has 3 aliphatic rings. The summed E-state index contributed by atoms with van der Waals surface area (Å²) in [5, 5.41) is 3.13. The predicted octanol–water partition coefficient (Wildman–Crippen LogP) is 5.98. The average molecular weight is 584 g/mol. The molecule has 3 aromatic rings. The van der Waals surface area contributed by atoms with E-state index in [0.717, 1.165) is 112 Å². The number of aryl methyl sites for hydroxylation is 1. The van der Waals surface area contributed by atoms with Gasteiger partial charge in [-0.3, -0.25) is 9.59 Å². The Morgan fingerprint density at radius 2 is 1.60 bits per heavy atom. The summed E-state index contributed by atoms with van der Waals surface area (Å²) < 4.78 is 11.2. The molecule has 7 heteroatoms. The number of anilines is 1. The zero-order valence-electron chi connectivity index (χ0n) is 25.9. The van der Waals surface area contributed by atoms with Crippen molar-refractivity contribution in [2.24, 2.45) is 0 Å². The molecule has 2 aliphatic heterocycles. The summed E-state index contributed by atoms with van der Waals surface area (Å²) in [6, 6.07) is 13.5. The van der Waals surface area contributed by atoms with Crippen LogP contribution in [0.3, 0.4) is 0 Å². The van der Waals surface area contributed by atoms with Crippen LogP contribution in [0, 0.1) is 13.8 Å². The van der Waals surface area contributed by atoms with Gasteiger partial charge in [-0.15, -0.1) is 0 Å². The Hall–Kier alpha value is -3.42. The summed E-state index contributed by atoms with van der Waals surface area (Å²) in [5.41, 5.74) is 10.1. The van der Waals surface area contributed by atoms with E-state index in [1.54, 1.807) is 0 Å². The SMILES string of the molecule is CCN(c1cc(-c2ccc(C3CCOCC3)cc2)cc(C(=O)NCc2c3c(c(C)[nH]c2=O)CCC3)c1C)C1CCOCC1. The molecular formula is C36H45N3O4. The minimum atomic E-state index is -0.144. The van der Waals surface area contributed by atoms with Crippen LogP contribution >= 0.6 is 0 Å². The summed E-state index contributed by atoms with van der Waals surface area (Å²) in [5.74, 6) is 0.391. The highest BCUT2D eigenvalue weighted by atomic mass is 16.5. The number of rotatable bonds is 8. The molecule has 2 saturated heterocycles. The molecule has 2 aromatic carbocycles. The largest absolute Gasteiger partial charge is 0.381 e. The van der Waals surface area contributed by atoms with Crippen LogP contribution in [0.1, 0.15) is 88.8 Å². The number of nitrogens with one attached hydrogen (secondary N) is 2. The molecule has 228 valence electrons. The van der Waals surface area contributed by atoms with Crippen molar-refractivity contribution in [3.63, 3.8) is 0 Å². The van der Waals surface area contributed by atoms with Gasteiger partial charge < -0.3 is 24.7 Å². The quantitative estimate of drug-likeness (QED) is 0.341. The number of benzene rings is 2. The van der Waals surface area contributed by atoms with E-state index < -0.39 is 0 Å². The maximum Gasteiger partial charge on any atom is 0.253 e. The molecule has 0 radical (unpaired) electrons. The summed E-state index contributed by atoms with van der Waals surface area (Å²) >= 11 is 0. The Morgan fingerprint density at radius 1 is 0.930 bits per heavy atom. The smallest absolute Gasteiger partial charge is 0.253 e. The highest BCUT2D eigenvalue weighted by Crippen LogP contribution is 2.35. The molecule has 1 aromatic heterocycles. The van der Waals surface area contributed by atoms with Gasteiger partial charge in [0.2, 0.25) is 0 Å². The fraction of sp³-hybridized carbons (Fsp3) is 0.500. The van der Waals surface area contributed by atoms with E-state index in [4.69, 9.17) is 9.47 Å². The van der Waals surface area contributed by atoms with Gasteiger partial charge in [0.05, 0.1) is 0 Å². The summed E-state index contributed by atoms with van der Waals surface area (Å²) in [6.45, 7) is 10.5. The highest BCUT2D eigenvalue weighted by molar-refractivity contribution is 5.99. The number of aromatic nitrogens is 1. The minimum absolute atomic E-state index is 0.0918. The molecule has 1 amide bonds. The Kier molecular flexibility index (Phi) is 9.01. The molecule has 7 nitrogen and oxygen atoms in total. The molecule has 0 bridgehead atoms. The number of carbonyl (C=O) groups excluding carboxylic acids is 1. The van der Waals surface area contributed by atoms with Crippen molar-refractivity contribution in [1.29, 1.82) is 0 Å². The molecule has 3 heterocycles. The summed E-state index contributed by atoms with van der Waals surface area (Å²) in [7, 11) is 0. The first-order chi connectivity index (χ1) is 20.9. The van der Waals surface area contributed by atoms with Gasteiger partial charge in [-0.1, -0.05) is 24.3 Å². The molecule has 2 fully saturated rings. The van der Waals surface area contributed by atoms with Gasteiger partial charge in [0.25, 0.3) is 11.5 Å². The second-order valence-electron chi connectivity index (χ2n) is 12.4. The summed E-state index contributed by atoms with van der Waals surface area (Å²) in [4.78, 5) is 32.3. The number of nitrogens with zero attached hydrogens (tertiary/aromatic N) is 1. The molecule has 1 aliphatic carbocycles. The van der Waals surface area contributed by atoms with Crippen molar-refractivity contribution in [1.82, 2.24) is 10.3 Å². The van der Waals surface area contributed by atoms with Crippen molar-refractivity contribution >= 4 is 11.6 Å². The van der Waals surface area contributed by atoms with Crippen molar-refractivity contribution in [3.05, 3.63) is 85.8 Å². The van der Waals surface area contributed by atoms with Crippen LogP contribution in [-0.2, 0) is 28.9 Å². The lowest BCUT2D eigenvalue weighted by Crippen LogP contribution is -2.40. The van der Waals surface area contributed by atoms with E-state index in [1.165, 1.54) is 11.1 Å². The lowest BCUT2D eigenvalue weighted by Gasteiger charge is -2.37. The summed E-state index contributed by atoms with van der Waals surface area (Å²) in [6.07, 6.45) is 6.98. The van der Waals surface area contributed by atoms with E-state index in [2.05, 4.69) is 59.4 Å². The van der Waals surface area contributed by atoms with Crippen LogP contribution in [0.4, 0.5) is 5.69 Å². The molecular weight excluding hydrogens is 538 g/mol. The van der Waals surface area contributed by atoms with Crippen LogP contribution in [0.5, 0.6) is 0 Å². The molecule has 2 N–H and O–H groups in total. The van der Waals surface area contributed by atoms with Crippen LogP contribution in [0.15, 0.2) is 41.2 Å². The fourth-order valence-corrected chi connectivity index (χ4v) is 7.40. The third-order valence-corrected chi connectivity index (χ3v) is 9.88. The Morgan fingerprint density at radius 3 is 2.30 bits per heavy atom. The molecule has 0 saturated carbocycles. The average Bonchev–Trinajstić information content (AvgIpc) is 3.54. The number of hydrogen-bond acceptors (Lipinski definition) is 5. The second kappa shape index (κ2) is 13.1. The van der Waals surface area contributed by atoms with Gasteiger partial charge in [0.15, 0.2) is 0 Å². The lowest BCUT2D eigenvalue weighted by molar-refractivity contribution is 0.0845. The lowest BCUT2D eigenvalue weighted by atomic mass is 9.89. The van der Waals surface area contributed by atoms with Crippen molar-refractivity contribution in [2.75, 3.05) is 37.9 Å². The van der Waals surface area contributed by atoms with Gasteiger partial charge >= 0.3 is 0 Å². The standard InChI is InChI=1S/C36H45N3O4/c1-4-39(29-14-18-43-19-15-29)34-21-28(26-10-8-25(9-11-26)27-12-16-42-17-13-27)20-32(23(34)2)35(40)37-22-33-31-7-5-6-30(31)24(3)38-36(33)41/h8-11,20-21,27,29H,4-7,12-19,22H2,1-3H3,(H,37,40)(H,38,41). The third kappa shape index (κ3) is 6.16. The van der Waals surface area contributed by atoms with Gasteiger partial charge in [-0.2, -0.15) is 0 Å². The van der Waals surface area contributed by atoms with Crippen LogP contribution in [-0.4, -0.2) is 49.9 Å². The van der Waals surface area contributed by atoms with Crippen molar-refractivity contribution < 1.29 is 14.3 Å². The van der Waals surface area contributed by atoms with E-state index in [1.807, 2.05) is 13.0 Å². The van der Waals surface area contributed by atoms with Crippen molar-refractivity contribution in [3.8, 4) is 11.1 Å². The van der Waals surface area contributed by atoms with Crippen LogP contribution in [0.2, 0.25) is 0 Å². The Balaban J connectivity index is 1.34. The first-order valence-corrected chi connectivity index (χ1v) is 16.1. The molecule has 6 rings (SSSR count). The van der Waals surface area contributed by atoms with E-state index in [9.17, 15) is 9.59 Å². The zero-order chi connectivity index (χ0) is 29.9. The first-order valence-electron chi connectivity index (χ1n) is 16.1. The number of aromatic amines is 1. The maximum absolute atomic E-state index is 13.9. The Labute approximate surface area is 255 Å².